The lowest BCUT2D eigenvalue weighted by molar-refractivity contribution is -0.379. The van der Waals surface area contributed by atoms with Crippen LogP contribution < -0.4 is 5.32 Å². The van der Waals surface area contributed by atoms with E-state index in [1.807, 2.05) is 0 Å². The van der Waals surface area contributed by atoms with Crippen molar-refractivity contribution in [3.8, 4) is 0 Å². The van der Waals surface area contributed by atoms with Crippen LogP contribution in [0.5, 0.6) is 0 Å². The third-order valence-electron chi connectivity index (χ3n) is 10.7. The molecule has 0 bridgehead atoms. The van der Waals surface area contributed by atoms with E-state index in [-0.39, 0.29) is 18.9 Å². The molecule has 3 aliphatic heterocycles. The van der Waals surface area contributed by atoms with Crippen LogP contribution in [0.3, 0.4) is 0 Å². The molecule has 0 aromatic rings. The number of carbonyl (C=O) groups is 1. The molecule has 3 fully saturated rings. The lowest BCUT2D eigenvalue weighted by Crippen LogP contribution is -2.66. The summed E-state index contributed by atoms with van der Waals surface area (Å²) in [5.74, 6) is -0.383. The van der Waals surface area contributed by atoms with E-state index in [9.17, 15) is 61.0 Å². The monoisotopic (exact) mass is 865 g/mol. The van der Waals surface area contributed by atoms with Gasteiger partial charge in [0, 0.05) is 6.42 Å². The Morgan fingerprint density at radius 1 is 0.583 bits per heavy atom. The fraction of sp³-hybridized carbons (Fsp3) is 0.829. The van der Waals surface area contributed by atoms with Crippen molar-refractivity contribution in [3.05, 3.63) is 36.5 Å². The van der Waals surface area contributed by atoms with E-state index in [0.717, 1.165) is 25.7 Å². The lowest BCUT2D eigenvalue weighted by Gasteiger charge is -2.48. The normalized spacial score (nSPS) is 36.3. The first-order valence-corrected chi connectivity index (χ1v) is 21.2. The number of hydrogen-bond acceptors (Lipinski definition) is 18. The van der Waals surface area contributed by atoms with E-state index in [2.05, 4.69) is 36.5 Å². The Kier molecular flexibility index (Phi) is 24.4. The molecule has 0 aliphatic carbocycles. The van der Waals surface area contributed by atoms with Gasteiger partial charge >= 0.3 is 0 Å². The standard InChI is InChI=1S/C41H71NO18/c1-3-5-6-7-8-9-10-11-12-13-14-15-16-17-18-19-25(46)24(42-29(47)4-2)23-55-39-35(53)32(50)37(27(21-44)57-39)60-41-36(54)33(51)38(28(22-45)58-41)59-40-34(52)31(49)30(48)26(20-43)56-40/h10-11,14-15,18-19,24-28,30-41,43-46,48-54H,3-9,12-13,16-17,20-23H2,1-2H3,(H,42,47)/b11-10+,15-14+,19-18+. The Balaban J connectivity index is 1.53. The van der Waals surface area contributed by atoms with Gasteiger partial charge in [-0.25, -0.2) is 0 Å². The van der Waals surface area contributed by atoms with Crippen molar-refractivity contribution < 1.29 is 89.4 Å². The Labute approximate surface area is 351 Å². The van der Waals surface area contributed by atoms with E-state index < -0.39 is 124 Å². The number of rotatable bonds is 26. The summed E-state index contributed by atoms with van der Waals surface area (Å²) in [6.07, 6.45) is -4.04. The molecule has 3 saturated heterocycles. The number of ether oxygens (including phenoxy) is 6. The van der Waals surface area contributed by atoms with Gasteiger partial charge in [0.15, 0.2) is 18.9 Å². The summed E-state index contributed by atoms with van der Waals surface area (Å²) in [4.78, 5) is 12.3. The summed E-state index contributed by atoms with van der Waals surface area (Å²) < 4.78 is 33.6. The molecule has 17 unspecified atom stereocenters. The maximum absolute atomic E-state index is 12.3. The predicted octanol–water partition coefficient (Wildman–Crippen LogP) is -1.70. The number of amides is 1. The molecule has 0 spiro atoms. The number of carbonyl (C=O) groups excluding carboxylic acids is 1. The second-order valence-corrected chi connectivity index (χ2v) is 15.4. The molecule has 348 valence electrons. The molecular weight excluding hydrogens is 794 g/mol. The van der Waals surface area contributed by atoms with Crippen LogP contribution >= 0.6 is 0 Å². The first-order chi connectivity index (χ1) is 28.8. The van der Waals surface area contributed by atoms with Crippen molar-refractivity contribution in [3.63, 3.8) is 0 Å². The highest BCUT2D eigenvalue weighted by Crippen LogP contribution is 2.32. The van der Waals surface area contributed by atoms with Crippen LogP contribution in [-0.4, -0.2) is 193 Å². The van der Waals surface area contributed by atoms with Crippen LogP contribution in [0.4, 0.5) is 0 Å². The van der Waals surface area contributed by atoms with Crippen molar-refractivity contribution in [2.45, 2.75) is 189 Å². The van der Waals surface area contributed by atoms with Crippen molar-refractivity contribution in [1.29, 1.82) is 0 Å². The van der Waals surface area contributed by atoms with Gasteiger partial charge in [0.1, 0.15) is 73.2 Å². The smallest absolute Gasteiger partial charge is 0.220 e. The second kappa shape index (κ2) is 27.9. The van der Waals surface area contributed by atoms with Crippen molar-refractivity contribution in [1.82, 2.24) is 5.32 Å². The van der Waals surface area contributed by atoms with Gasteiger partial charge in [0.25, 0.3) is 0 Å². The molecule has 17 atom stereocenters. The number of aliphatic hydroxyl groups excluding tert-OH is 11. The minimum Gasteiger partial charge on any atom is -0.394 e. The quantitative estimate of drug-likeness (QED) is 0.0341. The summed E-state index contributed by atoms with van der Waals surface area (Å²) >= 11 is 0. The minimum atomic E-state index is -1.98. The second-order valence-electron chi connectivity index (χ2n) is 15.4. The molecule has 0 saturated carbocycles. The van der Waals surface area contributed by atoms with Crippen LogP contribution in [0, 0.1) is 0 Å². The first kappa shape index (κ1) is 52.4. The number of allylic oxidation sites excluding steroid dienone is 5. The Hall–Kier alpha value is -1.99. The zero-order valence-corrected chi connectivity index (χ0v) is 34.7. The Morgan fingerprint density at radius 2 is 1.05 bits per heavy atom. The number of unbranched alkanes of at least 4 members (excludes halogenated alkanes) is 7. The summed E-state index contributed by atoms with van der Waals surface area (Å²) in [6, 6.07) is -0.988. The highest BCUT2D eigenvalue weighted by Gasteiger charge is 2.53. The zero-order chi connectivity index (χ0) is 44.2. The predicted molar refractivity (Wildman–Crippen MR) is 212 cm³/mol. The largest absolute Gasteiger partial charge is 0.394 e. The molecule has 1 amide bonds. The lowest BCUT2D eigenvalue weighted by atomic mass is 9.96. The average Bonchev–Trinajstić information content (AvgIpc) is 3.25. The molecule has 0 aromatic carbocycles. The van der Waals surface area contributed by atoms with E-state index in [0.29, 0.717) is 6.42 Å². The summed E-state index contributed by atoms with van der Waals surface area (Å²) in [5, 5.41) is 118. The zero-order valence-electron chi connectivity index (χ0n) is 34.7. The number of aliphatic hydroxyl groups is 11. The summed E-state index contributed by atoms with van der Waals surface area (Å²) in [7, 11) is 0. The van der Waals surface area contributed by atoms with Crippen LogP contribution in [0.1, 0.15) is 84.5 Å². The maximum atomic E-state index is 12.3. The molecule has 3 rings (SSSR count). The van der Waals surface area contributed by atoms with E-state index in [4.69, 9.17) is 28.4 Å². The van der Waals surface area contributed by atoms with Crippen molar-refractivity contribution in [2.24, 2.45) is 0 Å². The van der Waals surface area contributed by atoms with Crippen LogP contribution in [-0.2, 0) is 33.2 Å². The van der Waals surface area contributed by atoms with Gasteiger partial charge in [-0.1, -0.05) is 76.0 Å². The van der Waals surface area contributed by atoms with E-state index in [1.165, 1.54) is 38.2 Å². The molecule has 3 aliphatic rings. The van der Waals surface area contributed by atoms with Gasteiger partial charge in [0.05, 0.1) is 38.6 Å². The third-order valence-corrected chi connectivity index (χ3v) is 10.7. The first-order valence-electron chi connectivity index (χ1n) is 21.2. The average molecular weight is 866 g/mol. The van der Waals surface area contributed by atoms with Crippen molar-refractivity contribution >= 4 is 5.91 Å². The van der Waals surface area contributed by atoms with Gasteiger partial charge < -0.3 is 89.9 Å². The van der Waals surface area contributed by atoms with Crippen molar-refractivity contribution in [2.75, 3.05) is 26.4 Å². The molecule has 12 N–H and O–H groups in total. The molecular formula is C41H71NO18. The highest BCUT2D eigenvalue weighted by atomic mass is 16.8. The molecule has 19 heteroatoms. The highest BCUT2D eigenvalue weighted by molar-refractivity contribution is 5.75. The Morgan fingerprint density at radius 3 is 1.58 bits per heavy atom. The van der Waals surface area contributed by atoms with Gasteiger partial charge in [-0.15, -0.1) is 0 Å². The minimum absolute atomic E-state index is 0.111. The fourth-order valence-corrected chi connectivity index (χ4v) is 7.01. The topological polar surface area (TPSA) is 307 Å². The maximum Gasteiger partial charge on any atom is 0.220 e. The van der Waals surface area contributed by atoms with Gasteiger partial charge in [-0.2, -0.15) is 0 Å². The van der Waals surface area contributed by atoms with E-state index >= 15 is 0 Å². The summed E-state index contributed by atoms with van der Waals surface area (Å²) in [6.45, 7) is 1.02. The van der Waals surface area contributed by atoms with Gasteiger partial charge in [0.2, 0.25) is 5.91 Å². The number of hydrogen-bond donors (Lipinski definition) is 12. The van der Waals surface area contributed by atoms with Crippen LogP contribution in [0.2, 0.25) is 0 Å². The third kappa shape index (κ3) is 15.7. The van der Waals surface area contributed by atoms with Gasteiger partial charge in [-0.05, 0) is 38.5 Å². The fourth-order valence-electron chi connectivity index (χ4n) is 7.01. The van der Waals surface area contributed by atoms with E-state index in [1.54, 1.807) is 13.0 Å². The molecule has 60 heavy (non-hydrogen) atoms. The van der Waals surface area contributed by atoms with Crippen LogP contribution in [0.15, 0.2) is 36.5 Å². The molecule has 0 radical (unpaired) electrons. The summed E-state index contributed by atoms with van der Waals surface area (Å²) in [5.41, 5.74) is 0. The Bertz CT molecular complexity index is 1270. The van der Waals surface area contributed by atoms with Crippen LogP contribution in [0.25, 0.3) is 0 Å². The number of nitrogens with one attached hydrogen (secondary N) is 1. The molecule has 19 nitrogen and oxygen atoms in total. The molecule has 0 aromatic heterocycles. The molecule has 3 heterocycles. The van der Waals surface area contributed by atoms with Gasteiger partial charge in [-0.3, -0.25) is 4.79 Å². The SMILES string of the molecule is CCCCCCC/C=C/CC/C=C/CC/C=C/C(O)C(COC1OC(CO)C(OC2OC(CO)C(OC3OC(CO)C(O)C(O)C3O)C(O)C2O)C(O)C1O)NC(=O)CC.